The lowest BCUT2D eigenvalue weighted by molar-refractivity contribution is -0.139. The Balaban J connectivity index is 1.99. The molecule has 2 saturated heterocycles. The van der Waals surface area contributed by atoms with Gasteiger partial charge in [-0.3, -0.25) is 4.79 Å². The van der Waals surface area contributed by atoms with E-state index >= 15 is 0 Å². The third-order valence-corrected chi connectivity index (χ3v) is 5.09. The monoisotopic (exact) mass is 323 g/mol. The number of urea groups is 1. The predicted octanol–water partition coefficient (Wildman–Crippen LogP) is 2.86. The van der Waals surface area contributed by atoms with Gasteiger partial charge in [0, 0.05) is 44.1 Å². The van der Waals surface area contributed by atoms with Crippen molar-refractivity contribution >= 4 is 11.9 Å². The van der Waals surface area contributed by atoms with Crippen molar-refractivity contribution < 1.29 is 9.59 Å². The van der Waals surface area contributed by atoms with E-state index < -0.39 is 0 Å². The number of likely N-dealkylation sites (tertiary alicyclic amines) is 2. The van der Waals surface area contributed by atoms with Gasteiger partial charge in [-0.25, -0.2) is 4.79 Å². The molecule has 1 N–H and O–H groups in total. The molecule has 1 unspecified atom stereocenters. The second-order valence-corrected chi connectivity index (χ2v) is 8.13. The Hall–Kier alpha value is -1.26. The van der Waals surface area contributed by atoms with E-state index in [9.17, 15) is 9.59 Å². The van der Waals surface area contributed by atoms with Gasteiger partial charge in [-0.1, -0.05) is 13.8 Å². The minimum absolute atomic E-state index is 0.0460. The summed E-state index contributed by atoms with van der Waals surface area (Å²) in [6.07, 6.45) is 4.79. The zero-order valence-electron chi connectivity index (χ0n) is 15.2. The van der Waals surface area contributed by atoms with Crippen molar-refractivity contribution in [3.63, 3.8) is 0 Å². The first-order chi connectivity index (χ1) is 10.8. The summed E-state index contributed by atoms with van der Waals surface area (Å²) in [5.41, 5.74) is 0.109. The lowest BCUT2D eigenvalue weighted by Gasteiger charge is -2.48. The summed E-state index contributed by atoms with van der Waals surface area (Å²) in [5, 5.41) is 3.00. The van der Waals surface area contributed by atoms with Crippen molar-refractivity contribution in [2.45, 2.75) is 65.8 Å². The molecule has 5 heteroatoms. The van der Waals surface area contributed by atoms with Crippen LogP contribution in [0.25, 0.3) is 0 Å². The highest BCUT2D eigenvalue weighted by atomic mass is 16.2. The smallest absolute Gasteiger partial charge is 0.317 e. The fourth-order valence-electron chi connectivity index (χ4n) is 3.77. The number of rotatable bonds is 4. The number of amides is 3. The molecule has 0 bridgehead atoms. The van der Waals surface area contributed by atoms with Crippen LogP contribution in [0, 0.1) is 11.3 Å². The summed E-state index contributed by atoms with van der Waals surface area (Å²) < 4.78 is 0. The molecule has 2 heterocycles. The van der Waals surface area contributed by atoms with Crippen LogP contribution >= 0.6 is 0 Å². The molecule has 5 nitrogen and oxygen atoms in total. The maximum atomic E-state index is 12.3. The summed E-state index contributed by atoms with van der Waals surface area (Å²) in [5.74, 6) is 0.903. The van der Waals surface area contributed by atoms with E-state index in [4.69, 9.17) is 0 Å². The van der Waals surface area contributed by atoms with Crippen molar-refractivity contribution in [2.24, 2.45) is 11.3 Å². The summed E-state index contributed by atoms with van der Waals surface area (Å²) in [7, 11) is 0. The lowest BCUT2D eigenvalue weighted by atomic mass is 9.73. The van der Waals surface area contributed by atoms with Crippen LogP contribution in [-0.2, 0) is 4.79 Å². The van der Waals surface area contributed by atoms with Gasteiger partial charge in [-0.05, 0) is 45.4 Å². The fourth-order valence-corrected chi connectivity index (χ4v) is 3.77. The first-order valence-corrected chi connectivity index (χ1v) is 9.14. The number of nitrogens with zero attached hydrogens (tertiary/aromatic N) is 2. The van der Waals surface area contributed by atoms with Crippen LogP contribution in [0.2, 0.25) is 0 Å². The largest absolute Gasteiger partial charge is 0.342 e. The number of carbonyl (C=O) groups excluding carboxylic acids is 2. The molecule has 0 aliphatic carbocycles. The Kier molecular flexibility index (Phi) is 5.93. The minimum atomic E-state index is 0.0460. The molecule has 132 valence electrons. The summed E-state index contributed by atoms with van der Waals surface area (Å²) >= 11 is 0. The van der Waals surface area contributed by atoms with E-state index in [0.29, 0.717) is 18.2 Å². The van der Waals surface area contributed by atoms with Crippen LogP contribution in [0.1, 0.15) is 59.8 Å². The molecule has 2 aliphatic rings. The maximum Gasteiger partial charge on any atom is 0.317 e. The Morgan fingerprint density at radius 1 is 1.22 bits per heavy atom. The Bertz CT molecular complexity index is 430. The number of nitrogens with one attached hydrogen (secondary N) is 1. The maximum absolute atomic E-state index is 12.3. The van der Waals surface area contributed by atoms with Crippen molar-refractivity contribution in [1.82, 2.24) is 15.1 Å². The molecular formula is C18H33N3O2. The Morgan fingerprint density at radius 3 is 2.61 bits per heavy atom. The highest BCUT2D eigenvalue weighted by molar-refractivity contribution is 5.77. The highest BCUT2D eigenvalue weighted by Crippen LogP contribution is 2.39. The zero-order valence-corrected chi connectivity index (χ0v) is 15.2. The molecule has 2 rings (SSSR count). The summed E-state index contributed by atoms with van der Waals surface area (Å²) in [6.45, 7) is 11.7. The molecule has 0 saturated carbocycles. The first kappa shape index (κ1) is 18.1. The third-order valence-electron chi connectivity index (χ3n) is 5.09. The van der Waals surface area contributed by atoms with Gasteiger partial charge in [0.2, 0.25) is 5.91 Å². The van der Waals surface area contributed by atoms with Gasteiger partial charge in [0.15, 0.2) is 0 Å². The van der Waals surface area contributed by atoms with E-state index in [1.807, 2.05) is 23.6 Å². The van der Waals surface area contributed by atoms with Gasteiger partial charge in [0.05, 0.1) is 0 Å². The minimum Gasteiger partial charge on any atom is -0.342 e. The Morgan fingerprint density at radius 2 is 1.96 bits per heavy atom. The van der Waals surface area contributed by atoms with E-state index in [2.05, 4.69) is 19.2 Å². The molecule has 1 atom stereocenters. The molecule has 0 radical (unpaired) electrons. The average molecular weight is 323 g/mol. The molecule has 1 spiro atoms. The predicted molar refractivity (Wildman–Crippen MR) is 92.2 cm³/mol. The number of hydrogen-bond acceptors (Lipinski definition) is 2. The van der Waals surface area contributed by atoms with E-state index in [1.165, 1.54) is 0 Å². The summed E-state index contributed by atoms with van der Waals surface area (Å²) in [4.78, 5) is 28.6. The van der Waals surface area contributed by atoms with Crippen LogP contribution < -0.4 is 5.32 Å². The second-order valence-electron chi connectivity index (χ2n) is 8.13. The van der Waals surface area contributed by atoms with Crippen LogP contribution in [0.4, 0.5) is 4.79 Å². The molecule has 0 aromatic carbocycles. The molecule has 23 heavy (non-hydrogen) atoms. The quantitative estimate of drug-likeness (QED) is 0.865. The molecule has 0 aromatic heterocycles. The second kappa shape index (κ2) is 7.54. The molecule has 2 aliphatic heterocycles. The van der Waals surface area contributed by atoms with Crippen molar-refractivity contribution in [3.8, 4) is 0 Å². The average Bonchev–Trinajstić information content (AvgIpc) is 2.48. The van der Waals surface area contributed by atoms with Crippen molar-refractivity contribution in [2.75, 3.05) is 26.2 Å². The molecule has 2 fully saturated rings. The van der Waals surface area contributed by atoms with Gasteiger partial charge < -0.3 is 15.1 Å². The normalized spacial score (nSPS) is 25.6. The van der Waals surface area contributed by atoms with E-state index in [0.717, 1.165) is 51.9 Å². The van der Waals surface area contributed by atoms with Gasteiger partial charge in [-0.2, -0.15) is 0 Å². The van der Waals surface area contributed by atoms with Crippen molar-refractivity contribution in [3.05, 3.63) is 0 Å². The van der Waals surface area contributed by atoms with Gasteiger partial charge in [-0.15, -0.1) is 0 Å². The zero-order chi connectivity index (χ0) is 17.0. The number of hydrogen-bond donors (Lipinski definition) is 1. The van der Waals surface area contributed by atoms with Crippen LogP contribution in [0.5, 0.6) is 0 Å². The van der Waals surface area contributed by atoms with Crippen LogP contribution in [0.3, 0.4) is 0 Å². The van der Waals surface area contributed by atoms with Gasteiger partial charge >= 0.3 is 6.03 Å². The topological polar surface area (TPSA) is 52.6 Å². The first-order valence-electron chi connectivity index (χ1n) is 9.14. The van der Waals surface area contributed by atoms with E-state index in [1.54, 1.807) is 0 Å². The van der Waals surface area contributed by atoms with E-state index in [-0.39, 0.29) is 17.5 Å². The highest BCUT2D eigenvalue weighted by Gasteiger charge is 2.42. The third kappa shape index (κ3) is 4.85. The molecule has 3 amide bonds. The molecular weight excluding hydrogens is 290 g/mol. The van der Waals surface area contributed by atoms with Gasteiger partial charge in [0.1, 0.15) is 0 Å². The lowest BCUT2D eigenvalue weighted by Crippen LogP contribution is -2.57. The summed E-state index contributed by atoms with van der Waals surface area (Å²) in [6, 6.07) is 0.209. The Labute approximate surface area is 140 Å². The SMILES string of the molecule is CC(C)CCN1CC2(CCCN(C(=O)NC(C)C)C2)CCC1=O. The molecule has 0 aromatic rings. The fraction of sp³-hybridized carbons (Fsp3) is 0.889. The number of piperidine rings is 2. The van der Waals surface area contributed by atoms with Crippen molar-refractivity contribution in [1.29, 1.82) is 0 Å². The number of carbonyl (C=O) groups is 2. The van der Waals surface area contributed by atoms with Gasteiger partial charge in [0.25, 0.3) is 0 Å². The van der Waals surface area contributed by atoms with Crippen LogP contribution in [-0.4, -0.2) is 54.0 Å². The standard InChI is InChI=1S/C18H33N3O2/c1-14(2)7-11-20-12-18(9-6-16(20)22)8-5-10-21(13-18)17(23)19-15(3)4/h14-15H,5-13H2,1-4H3,(H,19,23). The van der Waals surface area contributed by atoms with Crippen LogP contribution in [0.15, 0.2) is 0 Å².